The SMILES string of the molecule is Cl.N=C(N)CCNC(=O)c1ccc2nc(-c3csc(NC(=O)c4ccccc4)c3)[nH]c2c1. The third-order valence-electron chi connectivity index (χ3n) is 4.57. The van der Waals surface area contributed by atoms with Gasteiger partial charge in [-0.2, -0.15) is 0 Å². The molecule has 0 radical (unpaired) electrons. The molecule has 0 aliphatic carbocycles. The van der Waals surface area contributed by atoms with Gasteiger partial charge in [0, 0.05) is 35.0 Å². The number of benzene rings is 2. The van der Waals surface area contributed by atoms with Crippen molar-refractivity contribution < 1.29 is 9.59 Å². The lowest BCUT2D eigenvalue weighted by Gasteiger charge is -2.04. The minimum absolute atomic E-state index is 0. The molecule has 0 fully saturated rings. The molecule has 4 aromatic rings. The number of rotatable bonds is 7. The topological polar surface area (TPSA) is 137 Å². The second-order valence-electron chi connectivity index (χ2n) is 6.87. The number of hydrogen-bond acceptors (Lipinski definition) is 5. The number of hydrogen-bond donors (Lipinski definition) is 5. The van der Waals surface area contributed by atoms with Crippen LogP contribution in [0, 0.1) is 5.41 Å². The summed E-state index contributed by atoms with van der Waals surface area (Å²) in [6, 6.07) is 16.1. The van der Waals surface area contributed by atoms with E-state index in [0.29, 0.717) is 29.9 Å². The average molecular weight is 469 g/mol. The van der Waals surface area contributed by atoms with E-state index in [-0.39, 0.29) is 30.1 Å². The Bertz CT molecular complexity index is 1270. The summed E-state index contributed by atoms with van der Waals surface area (Å²) >= 11 is 1.41. The van der Waals surface area contributed by atoms with Crippen LogP contribution in [0.25, 0.3) is 22.4 Å². The number of nitrogens with one attached hydrogen (secondary N) is 4. The van der Waals surface area contributed by atoms with E-state index in [9.17, 15) is 9.59 Å². The van der Waals surface area contributed by atoms with Gasteiger partial charge in [-0.15, -0.1) is 23.7 Å². The predicted octanol–water partition coefficient (Wildman–Crippen LogP) is 4.02. The van der Waals surface area contributed by atoms with Crippen LogP contribution in [0.2, 0.25) is 0 Å². The highest BCUT2D eigenvalue weighted by molar-refractivity contribution is 7.14. The first-order valence-electron chi connectivity index (χ1n) is 9.56. The molecule has 164 valence electrons. The average Bonchev–Trinajstić information content (AvgIpc) is 3.40. The Hall–Kier alpha value is -3.69. The van der Waals surface area contributed by atoms with Gasteiger partial charge in [0.2, 0.25) is 0 Å². The highest BCUT2D eigenvalue weighted by atomic mass is 35.5. The molecule has 32 heavy (non-hydrogen) atoms. The van der Waals surface area contributed by atoms with Crippen molar-refractivity contribution in [1.29, 1.82) is 5.41 Å². The molecule has 0 bridgehead atoms. The standard InChI is InChI=1S/C22H20N6O2S.ClH/c23-18(24)8-9-25-21(29)14-6-7-16-17(10-14)27-20(26-16)15-11-19(31-12-15)28-22(30)13-4-2-1-3-5-13;/h1-7,10-12H,8-9H2,(H3,23,24)(H,25,29)(H,26,27)(H,28,30);1H. The number of amides is 2. The zero-order valence-corrected chi connectivity index (χ0v) is 18.5. The molecule has 2 aromatic carbocycles. The van der Waals surface area contributed by atoms with Gasteiger partial charge >= 0.3 is 0 Å². The molecular formula is C22H21ClN6O2S. The summed E-state index contributed by atoms with van der Waals surface area (Å²) in [4.78, 5) is 32.4. The first-order valence-corrected chi connectivity index (χ1v) is 10.4. The number of amidine groups is 1. The third-order valence-corrected chi connectivity index (χ3v) is 5.42. The van der Waals surface area contributed by atoms with Crippen molar-refractivity contribution in [3.8, 4) is 11.4 Å². The van der Waals surface area contributed by atoms with Gasteiger partial charge in [0.15, 0.2) is 0 Å². The second kappa shape index (κ2) is 10.1. The van der Waals surface area contributed by atoms with Crippen molar-refractivity contribution in [2.24, 2.45) is 5.73 Å². The maximum Gasteiger partial charge on any atom is 0.256 e. The van der Waals surface area contributed by atoms with Crippen LogP contribution in [0.15, 0.2) is 60.0 Å². The van der Waals surface area contributed by atoms with Gasteiger partial charge in [0.1, 0.15) is 5.82 Å². The second-order valence-corrected chi connectivity index (χ2v) is 7.78. The smallest absolute Gasteiger partial charge is 0.256 e. The Kier molecular flexibility index (Phi) is 7.24. The van der Waals surface area contributed by atoms with E-state index in [0.717, 1.165) is 21.6 Å². The fourth-order valence-corrected chi connectivity index (χ4v) is 3.78. The summed E-state index contributed by atoms with van der Waals surface area (Å²) in [5.41, 5.74) is 8.70. The number of imidazole rings is 1. The maximum atomic E-state index is 12.3. The molecule has 0 aliphatic rings. The van der Waals surface area contributed by atoms with Gasteiger partial charge in [-0.3, -0.25) is 15.0 Å². The quantitative estimate of drug-likeness (QED) is 0.206. The molecule has 0 unspecified atom stereocenters. The van der Waals surface area contributed by atoms with Crippen LogP contribution < -0.4 is 16.4 Å². The van der Waals surface area contributed by atoms with Crippen LogP contribution in [0.5, 0.6) is 0 Å². The molecule has 6 N–H and O–H groups in total. The molecular weight excluding hydrogens is 448 g/mol. The van der Waals surface area contributed by atoms with Gasteiger partial charge < -0.3 is 21.4 Å². The maximum absolute atomic E-state index is 12.3. The Morgan fingerprint density at radius 3 is 2.59 bits per heavy atom. The molecule has 10 heteroatoms. The van der Waals surface area contributed by atoms with Crippen molar-refractivity contribution >= 4 is 57.4 Å². The lowest BCUT2D eigenvalue weighted by Crippen LogP contribution is -2.27. The fourth-order valence-electron chi connectivity index (χ4n) is 3.00. The Morgan fingerprint density at radius 2 is 1.84 bits per heavy atom. The molecule has 0 saturated carbocycles. The van der Waals surface area contributed by atoms with Crippen LogP contribution in [0.1, 0.15) is 27.1 Å². The van der Waals surface area contributed by atoms with Gasteiger partial charge in [-0.05, 0) is 36.4 Å². The number of carbonyl (C=O) groups is 2. The van der Waals surface area contributed by atoms with Gasteiger partial charge in [0.05, 0.1) is 21.9 Å². The van der Waals surface area contributed by atoms with Crippen molar-refractivity contribution in [3.05, 3.63) is 71.1 Å². The molecule has 0 spiro atoms. The predicted molar refractivity (Wildman–Crippen MR) is 130 cm³/mol. The number of H-pyrrole nitrogens is 1. The summed E-state index contributed by atoms with van der Waals surface area (Å²) in [7, 11) is 0. The third kappa shape index (κ3) is 5.32. The number of nitrogens with zero attached hydrogens (tertiary/aromatic N) is 1. The Morgan fingerprint density at radius 1 is 1.06 bits per heavy atom. The number of thiophene rings is 1. The van der Waals surface area contributed by atoms with Crippen LogP contribution in [-0.4, -0.2) is 34.2 Å². The first kappa shape index (κ1) is 23.0. The lowest BCUT2D eigenvalue weighted by molar-refractivity contribution is 0.0954. The minimum Gasteiger partial charge on any atom is -0.388 e. The normalized spacial score (nSPS) is 10.4. The van der Waals surface area contributed by atoms with Crippen LogP contribution in [0.4, 0.5) is 5.00 Å². The summed E-state index contributed by atoms with van der Waals surface area (Å²) in [6.07, 6.45) is 0.309. The fraction of sp³-hybridized carbons (Fsp3) is 0.0909. The molecule has 2 heterocycles. The number of anilines is 1. The van der Waals surface area contributed by atoms with Crippen LogP contribution >= 0.6 is 23.7 Å². The number of nitrogens with two attached hydrogens (primary N) is 1. The lowest BCUT2D eigenvalue weighted by atomic mass is 10.2. The van der Waals surface area contributed by atoms with Gasteiger partial charge in [-0.25, -0.2) is 4.98 Å². The Labute approximate surface area is 194 Å². The van der Waals surface area contributed by atoms with Crippen molar-refractivity contribution in [1.82, 2.24) is 15.3 Å². The molecule has 0 atom stereocenters. The van der Waals surface area contributed by atoms with E-state index >= 15 is 0 Å². The number of fused-ring (bicyclic) bond motifs is 1. The zero-order valence-electron chi connectivity index (χ0n) is 16.8. The van der Waals surface area contributed by atoms with Crippen LogP contribution in [0.3, 0.4) is 0 Å². The van der Waals surface area contributed by atoms with Crippen molar-refractivity contribution in [2.45, 2.75) is 6.42 Å². The Balaban J connectivity index is 0.00000289. The molecule has 0 aliphatic heterocycles. The molecule has 2 aromatic heterocycles. The van der Waals surface area contributed by atoms with Gasteiger partial charge in [-0.1, -0.05) is 18.2 Å². The van der Waals surface area contributed by atoms with Gasteiger partial charge in [0.25, 0.3) is 11.8 Å². The van der Waals surface area contributed by atoms with Crippen molar-refractivity contribution in [3.63, 3.8) is 0 Å². The highest BCUT2D eigenvalue weighted by Crippen LogP contribution is 2.29. The summed E-state index contributed by atoms with van der Waals surface area (Å²) in [5.74, 6) is 0.282. The number of carbonyl (C=O) groups excluding carboxylic acids is 2. The van der Waals surface area contributed by atoms with E-state index in [1.807, 2.05) is 29.6 Å². The van der Waals surface area contributed by atoms with E-state index in [1.165, 1.54) is 11.3 Å². The summed E-state index contributed by atoms with van der Waals surface area (Å²) < 4.78 is 0. The first-order chi connectivity index (χ1) is 15.0. The largest absolute Gasteiger partial charge is 0.388 e. The van der Waals surface area contributed by atoms with E-state index in [4.69, 9.17) is 11.1 Å². The molecule has 0 saturated heterocycles. The number of halogens is 1. The monoisotopic (exact) mass is 468 g/mol. The summed E-state index contributed by atoms with van der Waals surface area (Å²) in [6.45, 7) is 0.312. The molecule has 2 amide bonds. The summed E-state index contributed by atoms with van der Waals surface area (Å²) in [5, 5.41) is 15.5. The van der Waals surface area contributed by atoms with E-state index < -0.39 is 0 Å². The van der Waals surface area contributed by atoms with Crippen molar-refractivity contribution in [2.75, 3.05) is 11.9 Å². The molecule has 8 nitrogen and oxygen atoms in total. The number of aromatic nitrogens is 2. The number of aromatic amines is 1. The molecule has 4 rings (SSSR count). The zero-order chi connectivity index (χ0) is 21.8. The minimum atomic E-state index is -0.235. The van der Waals surface area contributed by atoms with E-state index in [1.54, 1.807) is 30.3 Å². The van der Waals surface area contributed by atoms with Crippen LogP contribution in [-0.2, 0) is 0 Å². The van der Waals surface area contributed by atoms with E-state index in [2.05, 4.69) is 20.6 Å². The highest BCUT2D eigenvalue weighted by Gasteiger charge is 2.13.